The molecule has 0 spiro atoms. The smallest absolute Gasteiger partial charge is 0.191 e. The van der Waals surface area contributed by atoms with Crippen molar-refractivity contribution in [2.75, 3.05) is 33.2 Å². The second-order valence-corrected chi connectivity index (χ2v) is 7.13. The van der Waals surface area contributed by atoms with Crippen molar-refractivity contribution in [1.82, 2.24) is 20.5 Å². The molecule has 1 aliphatic heterocycles. The average Bonchev–Trinajstić information content (AvgIpc) is 3.23. The van der Waals surface area contributed by atoms with E-state index < -0.39 is 0 Å². The average molecular weight is 518 g/mol. The number of pyridine rings is 1. The van der Waals surface area contributed by atoms with E-state index >= 15 is 0 Å². The van der Waals surface area contributed by atoms with E-state index in [1.807, 2.05) is 24.4 Å². The van der Waals surface area contributed by atoms with Crippen LogP contribution in [0.15, 0.2) is 46.1 Å². The lowest BCUT2D eigenvalue weighted by Gasteiger charge is -2.33. The Hall–Kier alpha value is -1.32. The number of hydrogen-bond acceptors (Lipinski definition) is 4. The molecule has 1 saturated heterocycles. The van der Waals surface area contributed by atoms with Gasteiger partial charge in [-0.15, -0.1) is 24.0 Å². The van der Waals surface area contributed by atoms with Gasteiger partial charge in [0.2, 0.25) is 0 Å². The summed E-state index contributed by atoms with van der Waals surface area (Å²) in [6.07, 6.45) is 8.23. The third kappa shape index (κ3) is 6.93. The summed E-state index contributed by atoms with van der Waals surface area (Å²) in [5.41, 5.74) is 1.14. The van der Waals surface area contributed by atoms with Gasteiger partial charge < -0.3 is 15.1 Å². The molecule has 3 rings (SSSR count). The quantitative estimate of drug-likeness (QED) is 0.253. The first-order valence-electron chi connectivity index (χ1n) is 9.58. The van der Waals surface area contributed by atoms with Crippen LogP contribution in [0.3, 0.4) is 0 Å². The highest BCUT2D eigenvalue weighted by Crippen LogP contribution is 2.24. The Morgan fingerprint density at radius 1 is 1.25 bits per heavy atom. The van der Waals surface area contributed by atoms with E-state index in [1.165, 1.54) is 19.3 Å². The molecule has 28 heavy (non-hydrogen) atoms. The largest absolute Gasteiger partial charge is 0.468 e. The van der Waals surface area contributed by atoms with Gasteiger partial charge in [-0.3, -0.25) is 9.89 Å². The monoisotopic (exact) mass is 517 g/mol. The van der Waals surface area contributed by atoms with Crippen LogP contribution in [-0.2, 0) is 6.42 Å². The minimum Gasteiger partial charge on any atom is -0.468 e. The number of piperidine rings is 1. The third-order valence-corrected chi connectivity index (χ3v) is 5.11. The maximum atomic E-state index is 5.83. The number of halogens is 2. The minimum absolute atomic E-state index is 0. The van der Waals surface area contributed by atoms with Gasteiger partial charge in [-0.1, -0.05) is 24.1 Å². The number of furan rings is 1. The first-order valence-corrected chi connectivity index (χ1v) is 9.96. The molecule has 1 fully saturated rings. The molecule has 8 heteroatoms. The zero-order valence-corrected chi connectivity index (χ0v) is 19.3. The highest BCUT2D eigenvalue weighted by molar-refractivity contribution is 14.0. The van der Waals surface area contributed by atoms with Gasteiger partial charge in [0.05, 0.1) is 12.3 Å². The topological polar surface area (TPSA) is 65.7 Å². The maximum absolute atomic E-state index is 5.83. The number of hydrogen-bond donors (Lipinski definition) is 2. The zero-order chi connectivity index (χ0) is 18.9. The molecule has 2 aromatic rings. The number of likely N-dealkylation sites (tertiary alicyclic amines) is 1. The van der Waals surface area contributed by atoms with Crippen molar-refractivity contribution in [1.29, 1.82) is 0 Å². The van der Waals surface area contributed by atoms with E-state index in [4.69, 9.17) is 16.0 Å². The van der Waals surface area contributed by atoms with Crippen molar-refractivity contribution in [3.8, 4) is 0 Å². The molecule has 2 N–H and O–H groups in total. The Bertz CT molecular complexity index is 702. The summed E-state index contributed by atoms with van der Waals surface area (Å²) in [7, 11) is 1.79. The molecule has 1 unspecified atom stereocenters. The molecule has 0 bridgehead atoms. The van der Waals surface area contributed by atoms with Gasteiger partial charge in [-0.05, 0) is 56.1 Å². The zero-order valence-electron chi connectivity index (χ0n) is 16.2. The van der Waals surface area contributed by atoms with Crippen LogP contribution in [-0.4, -0.2) is 49.1 Å². The predicted molar refractivity (Wildman–Crippen MR) is 125 cm³/mol. The second kappa shape index (κ2) is 12.3. The molecule has 0 aliphatic carbocycles. The van der Waals surface area contributed by atoms with Crippen LogP contribution in [0.25, 0.3) is 0 Å². The van der Waals surface area contributed by atoms with E-state index in [0.29, 0.717) is 5.15 Å². The van der Waals surface area contributed by atoms with Crippen LogP contribution in [0, 0.1) is 0 Å². The minimum atomic E-state index is 0. The van der Waals surface area contributed by atoms with Crippen molar-refractivity contribution >= 4 is 41.5 Å². The summed E-state index contributed by atoms with van der Waals surface area (Å²) < 4.78 is 5.70. The predicted octanol–water partition coefficient (Wildman–Crippen LogP) is 3.88. The Morgan fingerprint density at radius 3 is 2.71 bits per heavy atom. The van der Waals surface area contributed by atoms with Crippen LogP contribution in [0.4, 0.5) is 0 Å². The lowest BCUT2D eigenvalue weighted by Crippen LogP contribution is -2.44. The standard InChI is InChI=1S/C20H28ClN5O.HI/c1-22-20(23-10-9-16-7-8-19(21)24-14-16)25-15-17(18-6-5-13-27-18)26-11-3-2-4-12-26;/h5-8,13-14,17H,2-4,9-12,15H2,1H3,(H2,22,23,25);1H. The molecule has 0 saturated carbocycles. The Labute approximate surface area is 189 Å². The number of rotatable bonds is 7. The van der Waals surface area contributed by atoms with E-state index in [1.54, 1.807) is 13.3 Å². The lowest BCUT2D eigenvalue weighted by molar-refractivity contribution is 0.146. The first-order chi connectivity index (χ1) is 13.3. The van der Waals surface area contributed by atoms with Gasteiger partial charge >= 0.3 is 0 Å². The van der Waals surface area contributed by atoms with Crippen molar-refractivity contribution in [2.45, 2.75) is 31.7 Å². The normalized spacial score (nSPS) is 16.3. The highest BCUT2D eigenvalue weighted by atomic mass is 127. The van der Waals surface area contributed by atoms with E-state index in [0.717, 1.165) is 49.9 Å². The molecular formula is C20H29ClIN5O. The van der Waals surface area contributed by atoms with Gasteiger partial charge in [-0.2, -0.15) is 0 Å². The van der Waals surface area contributed by atoms with Crippen LogP contribution >= 0.6 is 35.6 Å². The number of aliphatic imine (C=N–C) groups is 1. The molecule has 0 amide bonds. The molecule has 3 heterocycles. The molecule has 0 radical (unpaired) electrons. The molecule has 154 valence electrons. The SMILES string of the molecule is CN=C(NCCc1ccc(Cl)nc1)NCC(c1ccco1)N1CCCCC1.I. The van der Waals surface area contributed by atoms with Gasteiger partial charge in [0.25, 0.3) is 0 Å². The van der Waals surface area contributed by atoms with E-state index in [2.05, 4.69) is 31.6 Å². The Morgan fingerprint density at radius 2 is 2.07 bits per heavy atom. The van der Waals surface area contributed by atoms with Crippen molar-refractivity contribution in [3.63, 3.8) is 0 Å². The number of aromatic nitrogens is 1. The first kappa shape index (κ1) is 23.0. The van der Waals surface area contributed by atoms with Gasteiger partial charge in [0.1, 0.15) is 10.9 Å². The van der Waals surface area contributed by atoms with Gasteiger partial charge in [0.15, 0.2) is 5.96 Å². The maximum Gasteiger partial charge on any atom is 0.191 e. The van der Waals surface area contributed by atoms with Gasteiger partial charge in [0, 0.05) is 26.3 Å². The third-order valence-electron chi connectivity index (χ3n) is 4.88. The summed E-state index contributed by atoms with van der Waals surface area (Å²) >= 11 is 5.83. The van der Waals surface area contributed by atoms with Crippen LogP contribution < -0.4 is 10.6 Å². The van der Waals surface area contributed by atoms with Crippen LogP contribution in [0.5, 0.6) is 0 Å². The number of nitrogens with zero attached hydrogens (tertiary/aromatic N) is 3. The number of nitrogens with one attached hydrogen (secondary N) is 2. The lowest BCUT2D eigenvalue weighted by atomic mass is 10.1. The van der Waals surface area contributed by atoms with Crippen molar-refractivity contribution in [2.24, 2.45) is 4.99 Å². The molecule has 1 atom stereocenters. The molecule has 6 nitrogen and oxygen atoms in total. The Kier molecular flexibility index (Phi) is 10.1. The summed E-state index contributed by atoms with van der Waals surface area (Å²) in [5, 5.41) is 7.34. The molecule has 2 aromatic heterocycles. The molecular weight excluding hydrogens is 489 g/mol. The summed E-state index contributed by atoms with van der Waals surface area (Å²) in [6.45, 7) is 3.76. The van der Waals surface area contributed by atoms with Crippen molar-refractivity contribution in [3.05, 3.63) is 53.2 Å². The number of guanidine groups is 1. The molecule has 0 aromatic carbocycles. The van der Waals surface area contributed by atoms with E-state index in [-0.39, 0.29) is 30.0 Å². The Balaban J connectivity index is 0.00000280. The summed E-state index contributed by atoms with van der Waals surface area (Å²) in [4.78, 5) is 11.0. The fourth-order valence-electron chi connectivity index (χ4n) is 3.41. The second-order valence-electron chi connectivity index (χ2n) is 6.75. The van der Waals surface area contributed by atoms with Crippen LogP contribution in [0.2, 0.25) is 5.15 Å². The fraction of sp³-hybridized carbons (Fsp3) is 0.500. The van der Waals surface area contributed by atoms with Crippen LogP contribution in [0.1, 0.15) is 36.6 Å². The van der Waals surface area contributed by atoms with E-state index in [9.17, 15) is 0 Å². The molecule has 1 aliphatic rings. The highest BCUT2D eigenvalue weighted by Gasteiger charge is 2.24. The summed E-state index contributed by atoms with van der Waals surface area (Å²) in [6, 6.07) is 8.05. The van der Waals surface area contributed by atoms with Gasteiger partial charge in [-0.25, -0.2) is 4.98 Å². The van der Waals surface area contributed by atoms with Crippen molar-refractivity contribution < 1.29 is 4.42 Å². The fourth-order valence-corrected chi connectivity index (χ4v) is 3.53. The summed E-state index contributed by atoms with van der Waals surface area (Å²) in [5.74, 6) is 1.80.